The number of aryl methyl sites for hydroxylation is 1. The zero-order valence-electron chi connectivity index (χ0n) is 19.4. The second kappa shape index (κ2) is 10.8. The maximum Gasteiger partial charge on any atom is 0.264 e. The molecule has 0 aliphatic heterocycles. The number of amides is 1. The van der Waals surface area contributed by atoms with Gasteiger partial charge >= 0.3 is 0 Å². The van der Waals surface area contributed by atoms with Crippen LogP contribution in [-0.4, -0.2) is 35.1 Å². The fourth-order valence-corrected chi connectivity index (χ4v) is 5.15. The van der Waals surface area contributed by atoms with Crippen molar-refractivity contribution in [1.29, 1.82) is 0 Å². The molecule has 9 heteroatoms. The number of methoxy groups -OCH3 is 2. The van der Waals surface area contributed by atoms with Crippen LogP contribution in [0.2, 0.25) is 5.02 Å². The number of sulfonamides is 1. The number of nitrogens with zero attached hydrogens (tertiary/aromatic N) is 1. The summed E-state index contributed by atoms with van der Waals surface area (Å²) in [7, 11) is -1.05. The number of para-hydroxylation sites is 1. The first kappa shape index (κ1) is 25.4. The van der Waals surface area contributed by atoms with E-state index in [1.165, 1.54) is 25.3 Å². The number of anilines is 1. The molecule has 1 N–H and O–H groups in total. The second-order valence-electron chi connectivity index (χ2n) is 7.67. The van der Waals surface area contributed by atoms with Gasteiger partial charge in [-0.3, -0.25) is 9.10 Å². The second-order valence-corrected chi connectivity index (χ2v) is 9.94. The van der Waals surface area contributed by atoms with E-state index in [-0.39, 0.29) is 15.6 Å². The molecule has 1 unspecified atom stereocenters. The average Bonchev–Trinajstić information content (AvgIpc) is 2.82. The molecule has 0 spiro atoms. The molecule has 1 atom stereocenters. The molecule has 0 saturated heterocycles. The predicted molar refractivity (Wildman–Crippen MR) is 133 cm³/mol. The molecular weight excluding hydrogens is 476 g/mol. The SMILES string of the molecule is COc1ccc(N(CC(=O)NC(C)c2ccccc2OC)S(=O)(=O)c2ccc(C)cc2)cc1Cl. The highest BCUT2D eigenvalue weighted by Crippen LogP contribution is 2.32. The van der Waals surface area contributed by atoms with Crippen LogP contribution in [0.1, 0.15) is 24.1 Å². The van der Waals surface area contributed by atoms with E-state index in [1.54, 1.807) is 44.4 Å². The highest BCUT2D eigenvalue weighted by Gasteiger charge is 2.28. The van der Waals surface area contributed by atoms with Gasteiger partial charge in [0.05, 0.1) is 35.9 Å². The minimum absolute atomic E-state index is 0.0654. The normalized spacial score (nSPS) is 12.0. The lowest BCUT2D eigenvalue weighted by Crippen LogP contribution is -2.41. The van der Waals surface area contributed by atoms with Crippen molar-refractivity contribution < 1.29 is 22.7 Å². The van der Waals surface area contributed by atoms with Gasteiger partial charge in [-0.2, -0.15) is 0 Å². The molecule has 34 heavy (non-hydrogen) atoms. The molecule has 0 aliphatic rings. The lowest BCUT2D eigenvalue weighted by molar-refractivity contribution is -0.120. The van der Waals surface area contributed by atoms with Crippen LogP contribution >= 0.6 is 11.6 Å². The fraction of sp³-hybridized carbons (Fsp3) is 0.240. The quantitative estimate of drug-likeness (QED) is 0.457. The number of benzene rings is 3. The molecule has 0 fully saturated rings. The smallest absolute Gasteiger partial charge is 0.264 e. The molecule has 3 rings (SSSR count). The van der Waals surface area contributed by atoms with Gasteiger partial charge in [-0.25, -0.2) is 8.42 Å². The molecule has 180 valence electrons. The number of halogens is 1. The largest absolute Gasteiger partial charge is 0.496 e. The Balaban J connectivity index is 1.94. The minimum atomic E-state index is -4.07. The number of rotatable bonds is 9. The summed E-state index contributed by atoms with van der Waals surface area (Å²) < 4.78 is 38.7. The molecule has 0 aliphatic carbocycles. The van der Waals surface area contributed by atoms with E-state index >= 15 is 0 Å². The monoisotopic (exact) mass is 502 g/mol. The van der Waals surface area contributed by atoms with Crippen molar-refractivity contribution in [3.05, 3.63) is 82.9 Å². The zero-order valence-corrected chi connectivity index (χ0v) is 21.0. The number of nitrogens with one attached hydrogen (secondary N) is 1. The molecule has 0 radical (unpaired) electrons. The summed E-state index contributed by atoms with van der Waals surface area (Å²) in [5.74, 6) is 0.537. The van der Waals surface area contributed by atoms with Crippen molar-refractivity contribution >= 4 is 33.2 Å². The Morgan fingerprint density at radius 2 is 1.65 bits per heavy atom. The van der Waals surface area contributed by atoms with E-state index in [0.29, 0.717) is 11.5 Å². The fourth-order valence-electron chi connectivity index (χ4n) is 3.48. The zero-order chi connectivity index (χ0) is 24.9. The summed E-state index contributed by atoms with van der Waals surface area (Å²) in [6, 6.07) is 17.9. The first-order valence-corrected chi connectivity index (χ1v) is 12.3. The lowest BCUT2D eigenvalue weighted by atomic mass is 10.1. The molecule has 1 amide bonds. The van der Waals surface area contributed by atoms with Crippen molar-refractivity contribution in [2.75, 3.05) is 25.1 Å². The van der Waals surface area contributed by atoms with Crippen LogP contribution in [0.5, 0.6) is 11.5 Å². The third-order valence-corrected chi connectivity index (χ3v) is 7.39. The Morgan fingerprint density at radius 3 is 2.26 bits per heavy atom. The first-order valence-electron chi connectivity index (χ1n) is 10.5. The van der Waals surface area contributed by atoms with Gasteiger partial charge in [0.25, 0.3) is 10.0 Å². The van der Waals surface area contributed by atoms with E-state index in [9.17, 15) is 13.2 Å². The number of ether oxygens (including phenoxy) is 2. The van der Waals surface area contributed by atoms with Crippen LogP contribution in [0.15, 0.2) is 71.6 Å². The Kier molecular flexibility index (Phi) is 8.06. The van der Waals surface area contributed by atoms with Crippen LogP contribution in [-0.2, 0) is 14.8 Å². The van der Waals surface area contributed by atoms with Crippen molar-refractivity contribution in [3.8, 4) is 11.5 Å². The van der Waals surface area contributed by atoms with E-state index in [4.69, 9.17) is 21.1 Å². The van der Waals surface area contributed by atoms with Gasteiger partial charge in [-0.1, -0.05) is 47.5 Å². The number of hydrogen-bond donors (Lipinski definition) is 1. The van der Waals surface area contributed by atoms with Crippen LogP contribution in [0.25, 0.3) is 0 Å². The topological polar surface area (TPSA) is 84.9 Å². The summed E-state index contributed by atoms with van der Waals surface area (Å²) in [5, 5.41) is 3.09. The van der Waals surface area contributed by atoms with Gasteiger partial charge in [0.2, 0.25) is 5.91 Å². The van der Waals surface area contributed by atoms with Gasteiger partial charge in [-0.05, 0) is 50.2 Å². The van der Waals surface area contributed by atoms with Crippen molar-refractivity contribution in [1.82, 2.24) is 5.32 Å². The molecule has 7 nitrogen and oxygen atoms in total. The third-order valence-electron chi connectivity index (χ3n) is 5.30. The van der Waals surface area contributed by atoms with Gasteiger partial charge < -0.3 is 14.8 Å². The predicted octanol–water partition coefficient (Wildman–Crippen LogP) is 4.74. The number of carbonyl (C=O) groups excluding carboxylic acids is 1. The average molecular weight is 503 g/mol. The van der Waals surface area contributed by atoms with Crippen LogP contribution < -0.4 is 19.1 Å². The van der Waals surface area contributed by atoms with E-state index < -0.39 is 28.5 Å². The van der Waals surface area contributed by atoms with E-state index in [0.717, 1.165) is 15.4 Å². The maximum atomic E-state index is 13.6. The standard InChI is InChI=1S/C25H27ClN2O5S/c1-17-9-12-20(13-10-17)34(30,31)28(19-11-14-24(33-4)22(26)15-19)16-25(29)27-18(2)21-7-5-6-8-23(21)32-3/h5-15,18H,16H2,1-4H3,(H,27,29). The van der Waals surface area contributed by atoms with Gasteiger partial charge in [0.1, 0.15) is 18.0 Å². The summed E-state index contributed by atoms with van der Waals surface area (Å²) in [4.78, 5) is 13.1. The molecule has 3 aromatic rings. The Bertz CT molecular complexity index is 1260. The summed E-state index contributed by atoms with van der Waals surface area (Å²) in [6.45, 7) is 3.22. The molecule has 0 aromatic heterocycles. The van der Waals surface area contributed by atoms with Gasteiger partial charge in [0.15, 0.2) is 0 Å². The highest BCUT2D eigenvalue weighted by atomic mass is 35.5. The summed E-state index contributed by atoms with van der Waals surface area (Å²) in [6.07, 6.45) is 0. The van der Waals surface area contributed by atoms with Crippen molar-refractivity contribution in [2.24, 2.45) is 0 Å². The molecule has 0 heterocycles. The number of carbonyl (C=O) groups is 1. The summed E-state index contributed by atoms with van der Waals surface area (Å²) >= 11 is 6.26. The first-order chi connectivity index (χ1) is 16.2. The Labute approximate surface area is 205 Å². The van der Waals surface area contributed by atoms with Gasteiger partial charge in [0, 0.05) is 5.56 Å². The summed E-state index contributed by atoms with van der Waals surface area (Å²) in [5.41, 5.74) is 1.94. The minimum Gasteiger partial charge on any atom is -0.496 e. The lowest BCUT2D eigenvalue weighted by Gasteiger charge is -2.26. The highest BCUT2D eigenvalue weighted by molar-refractivity contribution is 7.92. The van der Waals surface area contributed by atoms with Crippen LogP contribution in [0.3, 0.4) is 0 Å². The molecule has 0 saturated carbocycles. The molecule has 0 bridgehead atoms. The van der Waals surface area contributed by atoms with E-state index in [2.05, 4.69) is 5.32 Å². The number of hydrogen-bond acceptors (Lipinski definition) is 5. The van der Waals surface area contributed by atoms with Crippen molar-refractivity contribution in [2.45, 2.75) is 24.8 Å². The molecule has 3 aromatic carbocycles. The van der Waals surface area contributed by atoms with Gasteiger partial charge in [-0.15, -0.1) is 0 Å². The van der Waals surface area contributed by atoms with Crippen molar-refractivity contribution in [3.63, 3.8) is 0 Å². The Morgan fingerprint density at radius 1 is 1.00 bits per heavy atom. The van der Waals surface area contributed by atoms with E-state index in [1.807, 2.05) is 25.1 Å². The van der Waals surface area contributed by atoms with Crippen LogP contribution in [0.4, 0.5) is 5.69 Å². The van der Waals surface area contributed by atoms with Crippen LogP contribution in [0, 0.1) is 6.92 Å². The molecular formula is C25H27ClN2O5S. The third kappa shape index (κ3) is 5.63. The maximum absolute atomic E-state index is 13.6. The Hall–Kier alpha value is -3.23.